The summed E-state index contributed by atoms with van der Waals surface area (Å²) >= 11 is 0. The highest BCUT2D eigenvalue weighted by molar-refractivity contribution is 5.22. The molecule has 0 aliphatic rings. The van der Waals surface area contributed by atoms with Gasteiger partial charge in [0.1, 0.15) is 0 Å². The van der Waals surface area contributed by atoms with Crippen molar-refractivity contribution in [2.75, 3.05) is 0 Å². The highest BCUT2D eigenvalue weighted by Crippen LogP contribution is 2.09. The van der Waals surface area contributed by atoms with Crippen molar-refractivity contribution < 1.29 is 5.11 Å². The molecule has 0 radical (unpaired) electrons. The molecule has 0 fully saturated rings. The van der Waals surface area contributed by atoms with Crippen LogP contribution in [0.15, 0.2) is 36.4 Å². The van der Waals surface area contributed by atoms with Crippen LogP contribution in [0.25, 0.3) is 0 Å². The van der Waals surface area contributed by atoms with Gasteiger partial charge in [0.05, 0.1) is 18.0 Å². The second-order valence-corrected chi connectivity index (χ2v) is 3.57. The summed E-state index contributed by atoms with van der Waals surface area (Å²) in [4.78, 5) is 0. The summed E-state index contributed by atoms with van der Waals surface area (Å²) in [7, 11) is 1.85. The molecule has 1 N–H and O–H groups in total. The predicted molar refractivity (Wildman–Crippen MR) is 58.4 cm³/mol. The number of hydrogen-bond acceptors (Lipinski definition) is 2. The second kappa shape index (κ2) is 4.28. The van der Waals surface area contributed by atoms with Crippen LogP contribution in [0, 0.1) is 0 Å². The van der Waals surface area contributed by atoms with Crippen LogP contribution in [0.1, 0.15) is 17.0 Å². The van der Waals surface area contributed by atoms with Gasteiger partial charge in [-0.1, -0.05) is 30.3 Å². The van der Waals surface area contributed by atoms with Crippen molar-refractivity contribution in [2.24, 2.45) is 7.05 Å². The largest absolute Gasteiger partial charge is 0.390 e. The number of hydrogen-bond donors (Lipinski definition) is 1. The molecule has 0 unspecified atom stereocenters. The third-order valence-electron chi connectivity index (χ3n) is 2.42. The first kappa shape index (κ1) is 9.93. The first-order chi connectivity index (χ1) is 7.29. The summed E-state index contributed by atoms with van der Waals surface area (Å²) in [5.41, 5.74) is 3.08. The van der Waals surface area contributed by atoms with Crippen molar-refractivity contribution >= 4 is 0 Å². The Balaban J connectivity index is 2.18. The molecule has 0 spiro atoms. The third-order valence-corrected chi connectivity index (χ3v) is 2.42. The maximum atomic E-state index is 9.04. The van der Waals surface area contributed by atoms with Crippen LogP contribution in [0.3, 0.4) is 0 Å². The molecule has 3 heteroatoms. The number of aryl methyl sites for hydroxylation is 1. The Labute approximate surface area is 89.0 Å². The number of rotatable bonds is 3. The van der Waals surface area contributed by atoms with Gasteiger partial charge in [0.15, 0.2) is 0 Å². The fourth-order valence-electron chi connectivity index (χ4n) is 1.61. The van der Waals surface area contributed by atoms with Gasteiger partial charge < -0.3 is 5.11 Å². The summed E-state index contributed by atoms with van der Waals surface area (Å²) in [5, 5.41) is 13.4. The van der Waals surface area contributed by atoms with Gasteiger partial charge in [0.25, 0.3) is 0 Å². The number of aliphatic hydroxyl groups is 1. The minimum atomic E-state index is 0.0400. The molecule has 2 rings (SSSR count). The van der Waals surface area contributed by atoms with Gasteiger partial charge in [-0.25, -0.2) is 0 Å². The van der Waals surface area contributed by atoms with Crippen LogP contribution < -0.4 is 0 Å². The van der Waals surface area contributed by atoms with E-state index in [1.807, 2.05) is 31.3 Å². The van der Waals surface area contributed by atoms with Crippen molar-refractivity contribution in [1.29, 1.82) is 0 Å². The van der Waals surface area contributed by atoms with Gasteiger partial charge in [-0.3, -0.25) is 4.68 Å². The maximum absolute atomic E-state index is 9.04. The normalized spacial score (nSPS) is 10.5. The van der Waals surface area contributed by atoms with E-state index < -0.39 is 0 Å². The van der Waals surface area contributed by atoms with Crippen molar-refractivity contribution in [3.8, 4) is 0 Å². The average Bonchev–Trinajstić information content (AvgIpc) is 2.60. The van der Waals surface area contributed by atoms with Crippen LogP contribution >= 0.6 is 0 Å². The molecule has 2 aromatic rings. The second-order valence-electron chi connectivity index (χ2n) is 3.57. The molecule has 3 nitrogen and oxygen atoms in total. The molecule has 0 saturated heterocycles. The molecule has 0 bridgehead atoms. The highest BCUT2D eigenvalue weighted by atomic mass is 16.3. The fourth-order valence-corrected chi connectivity index (χ4v) is 1.61. The average molecular weight is 202 g/mol. The van der Waals surface area contributed by atoms with E-state index in [-0.39, 0.29) is 6.61 Å². The molecule has 1 heterocycles. The molecule has 1 aromatic heterocycles. The predicted octanol–water partition coefficient (Wildman–Crippen LogP) is 1.50. The van der Waals surface area contributed by atoms with Crippen LogP contribution in [0.4, 0.5) is 0 Å². The summed E-state index contributed by atoms with van der Waals surface area (Å²) in [5.74, 6) is 0. The summed E-state index contributed by atoms with van der Waals surface area (Å²) in [6, 6.07) is 12.1. The Kier molecular flexibility index (Phi) is 2.83. The van der Waals surface area contributed by atoms with Gasteiger partial charge in [-0.2, -0.15) is 5.10 Å². The van der Waals surface area contributed by atoms with Crippen molar-refractivity contribution in [1.82, 2.24) is 9.78 Å². The molecule has 78 valence electrons. The number of aliphatic hydroxyl groups excluding tert-OH is 1. The van der Waals surface area contributed by atoms with E-state index in [2.05, 4.69) is 17.2 Å². The SMILES string of the molecule is Cn1nc(Cc2ccccc2)cc1CO. The van der Waals surface area contributed by atoms with Gasteiger partial charge in [0, 0.05) is 13.5 Å². The summed E-state index contributed by atoms with van der Waals surface area (Å²) in [6.07, 6.45) is 0.814. The maximum Gasteiger partial charge on any atom is 0.0849 e. The molecule has 0 atom stereocenters. The van der Waals surface area contributed by atoms with Crippen molar-refractivity contribution in [3.05, 3.63) is 53.3 Å². The lowest BCUT2D eigenvalue weighted by Crippen LogP contribution is -1.97. The Morgan fingerprint density at radius 3 is 2.60 bits per heavy atom. The van der Waals surface area contributed by atoms with Crippen LogP contribution in [0.5, 0.6) is 0 Å². The van der Waals surface area contributed by atoms with Gasteiger partial charge in [0.2, 0.25) is 0 Å². The molecule has 1 aromatic carbocycles. The minimum absolute atomic E-state index is 0.0400. The number of nitrogens with zero attached hydrogens (tertiary/aromatic N) is 2. The lowest BCUT2D eigenvalue weighted by Gasteiger charge is -1.96. The van der Waals surface area contributed by atoms with E-state index in [1.54, 1.807) is 4.68 Å². The standard InChI is InChI=1S/C12H14N2O/c1-14-12(9-15)8-11(13-14)7-10-5-3-2-4-6-10/h2-6,8,15H,7,9H2,1H3. The van der Waals surface area contributed by atoms with E-state index in [9.17, 15) is 0 Å². The zero-order chi connectivity index (χ0) is 10.7. The third kappa shape index (κ3) is 2.25. The Bertz CT molecular complexity index is 434. The zero-order valence-corrected chi connectivity index (χ0v) is 8.72. The monoisotopic (exact) mass is 202 g/mol. The minimum Gasteiger partial charge on any atom is -0.390 e. The van der Waals surface area contributed by atoms with Gasteiger partial charge in [-0.15, -0.1) is 0 Å². The van der Waals surface area contributed by atoms with E-state index >= 15 is 0 Å². The van der Waals surface area contributed by atoms with E-state index in [1.165, 1.54) is 5.56 Å². The van der Waals surface area contributed by atoms with Crippen LogP contribution in [-0.2, 0) is 20.1 Å². The topological polar surface area (TPSA) is 38.0 Å². The smallest absolute Gasteiger partial charge is 0.0849 e. The summed E-state index contributed by atoms with van der Waals surface area (Å²) in [6.45, 7) is 0.0400. The molecule has 0 amide bonds. The lowest BCUT2D eigenvalue weighted by molar-refractivity contribution is 0.270. The Morgan fingerprint density at radius 1 is 1.27 bits per heavy atom. The first-order valence-corrected chi connectivity index (χ1v) is 4.96. The lowest BCUT2D eigenvalue weighted by atomic mass is 10.1. The molecular weight excluding hydrogens is 188 g/mol. The van der Waals surface area contributed by atoms with Crippen LogP contribution in [0.2, 0.25) is 0 Å². The van der Waals surface area contributed by atoms with Crippen molar-refractivity contribution in [2.45, 2.75) is 13.0 Å². The number of aromatic nitrogens is 2. The zero-order valence-electron chi connectivity index (χ0n) is 8.72. The molecular formula is C12H14N2O. The fraction of sp³-hybridized carbons (Fsp3) is 0.250. The Morgan fingerprint density at radius 2 is 2.00 bits per heavy atom. The van der Waals surface area contributed by atoms with E-state index in [4.69, 9.17) is 5.11 Å². The quantitative estimate of drug-likeness (QED) is 0.819. The molecule has 0 aliphatic carbocycles. The van der Waals surface area contributed by atoms with Crippen molar-refractivity contribution in [3.63, 3.8) is 0 Å². The van der Waals surface area contributed by atoms with Gasteiger partial charge >= 0.3 is 0 Å². The van der Waals surface area contributed by atoms with E-state index in [0.717, 1.165) is 17.8 Å². The van der Waals surface area contributed by atoms with E-state index in [0.29, 0.717) is 0 Å². The van der Waals surface area contributed by atoms with Crippen LogP contribution in [-0.4, -0.2) is 14.9 Å². The van der Waals surface area contributed by atoms with Gasteiger partial charge in [-0.05, 0) is 11.6 Å². The molecule has 0 saturated carbocycles. The molecule has 15 heavy (non-hydrogen) atoms. The highest BCUT2D eigenvalue weighted by Gasteiger charge is 2.04. The first-order valence-electron chi connectivity index (χ1n) is 4.96. The molecule has 0 aliphatic heterocycles. The Hall–Kier alpha value is -1.61. The summed E-state index contributed by atoms with van der Waals surface area (Å²) < 4.78 is 1.72. The number of benzene rings is 1.